The fourth-order valence-electron chi connectivity index (χ4n) is 6.88. The second kappa shape index (κ2) is 9.54. The molecule has 13 nitrogen and oxygen atoms in total. The fourth-order valence-corrected chi connectivity index (χ4v) is 6.88. The maximum atomic E-state index is 13.2. The van der Waals surface area contributed by atoms with Crippen LogP contribution in [-0.4, -0.2) is 73.4 Å². The Morgan fingerprint density at radius 3 is 2.51 bits per heavy atom. The van der Waals surface area contributed by atoms with Gasteiger partial charge in [0, 0.05) is 40.9 Å². The third-order valence-electron chi connectivity index (χ3n) is 8.83. The molecule has 0 radical (unpaired) electrons. The van der Waals surface area contributed by atoms with Gasteiger partial charge in [-0.25, -0.2) is 9.97 Å². The molecular formula is C30H27N11O2. The summed E-state index contributed by atoms with van der Waals surface area (Å²) >= 11 is 0. The Morgan fingerprint density at radius 1 is 0.977 bits per heavy atom. The Balaban J connectivity index is 1.15. The van der Waals surface area contributed by atoms with E-state index in [1.54, 1.807) is 18.7 Å². The molecule has 2 aliphatic rings. The number of hydrogen-bond donors (Lipinski definition) is 3. The van der Waals surface area contributed by atoms with E-state index in [9.17, 15) is 9.59 Å². The average Bonchev–Trinajstić information content (AvgIpc) is 3.83. The van der Waals surface area contributed by atoms with Crippen LogP contribution in [0, 0.1) is 0 Å². The van der Waals surface area contributed by atoms with Crippen LogP contribution in [-0.2, 0) is 0 Å². The number of anilines is 1. The largest absolute Gasteiger partial charge is 0.383 e. The first-order valence-electron chi connectivity index (χ1n) is 14.2. The van der Waals surface area contributed by atoms with E-state index in [0.29, 0.717) is 29.7 Å². The number of piperidine rings is 1. The third-order valence-corrected chi connectivity index (χ3v) is 8.83. The van der Waals surface area contributed by atoms with E-state index < -0.39 is 0 Å². The number of ketones is 1. The molecule has 0 aliphatic carbocycles. The second-order valence-corrected chi connectivity index (χ2v) is 11.3. The van der Waals surface area contributed by atoms with Crippen LogP contribution in [0.1, 0.15) is 65.2 Å². The van der Waals surface area contributed by atoms with Crippen molar-refractivity contribution in [3.8, 4) is 22.4 Å². The highest BCUT2D eigenvalue weighted by Gasteiger charge is 2.45. The number of nitrogens with zero attached hydrogens (tertiary/aromatic N) is 8. The lowest BCUT2D eigenvalue weighted by atomic mass is 9.85. The van der Waals surface area contributed by atoms with Gasteiger partial charge in [-0.15, -0.1) is 10.2 Å². The zero-order chi connectivity index (χ0) is 29.2. The summed E-state index contributed by atoms with van der Waals surface area (Å²) in [5, 5.41) is 12.2. The molecular weight excluding hydrogens is 546 g/mol. The van der Waals surface area contributed by atoms with Crippen molar-refractivity contribution in [1.29, 1.82) is 0 Å². The molecule has 0 spiro atoms. The first kappa shape index (κ1) is 25.3. The number of aromatic amines is 2. The Hall–Kier alpha value is -5.46. The normalized spacial score (nSPS) is 19.8. The van der Waals surface area contributed by atoms with Gasteiger partial charge in [-0.3, -0.25) is 14.6 Å². The molecule has 7 heterocycles. The first-order chi connectivity index (χ1) is 21.0. The van der Waals surface area contributed by atoms with Gasteiger partial charge in [-0.2, -0.15) is 9.61 Å². The van der Waals surface area contributed by atoms with E-state index in [1.165, 1.54) is 17.8 Å². The molecule has 1 aromatic carbocycles. The van der Waals surface area contributed by atoms with Gasteiger partial charge in [0.15, 0.2) is 11.4 Å². The molecule has 2 saturated heterocycles. The van der Waals surface area contributed by atoms with E-state index in [2.05, 4.69) is 30.2 Å². The Kier molecular flexibility index (Phi) is 5.61. The van der Waals surface area contributed by atoms with Crippen LogP contribution in [0.2, 0.25) is 0 Å². The number of benzene rings is 1. The summed E-state index contributed by atoms with van der Waals surface area (Å²) in [7, 11) is 0. The lowest BCUT2D eigenvalue weighted by Crippen LogP contribution is -2.46. The molecule has 2 bridgehead atoms. The SMILES string of the molecule is CC(=O)c1c([C@H]2C[C@H]3CC[C@@H](C2)N3C(=O)c2nnc[nH]2)nc2c(-c3ccc(-c4ccc5nc[nH]c5c4)nc3)cnn2c1N. The second-order valence-electron chi connectivity index (χ2n) is 11.3. The number of carbonyl (C=O) groups excluding carboxylic acids is 2. The summed E-state index contributed by atoms with van der Waals surface area (Å²) in [6, 6.07) is 9.96. The molecule has 0 saturated carbocycles. The summed E-state index contributed by atoms with van der Waals surface area (Å²) in [5.41, 5.74) is 13.5. The molecule has 8 rings (SSSR count). The number of amides is 1. The topological polar surface area (TPSA) is 177 Å². The van der Waals surface area contributed by atoms with E-state index in [0.717, 1.165) is 46.3 Å². The van der Waals surface area contributed by atoms with Crippen molar-refractivity contribution < 1.29 is 9.59 Å². The molecule has 5 aromatic heterocycles. The van der Waals surface area contributed by atoms with Crippen LogP contribution in [0.15, 0.2) is 55.4 Å². The van der Waals surface area contributed by atoms with Crippen LogP contribution >= 0.6 is 0 Å². The number of carbonyl (C=O) groups is 2. The Labute approximate surface area is 244 Å². The standard InChI is InChI=1S/C30H27N11O2/c1-15(42)25-26(18-8-19-4-5-20(9-18)40(19)30(43)28-35-14-36-39-28)38-29-21(12-37-41(29)27(25)31)17-3-6-22(32-11-17)16-2-7-23-24(10-16)34-13-33-23/h2-3,6-7,10-14,18-20H,4-5,8-9,31H2,1H3,(H,33,34)(H,35,36,39)/t18-,19+,20-. The van der Waals surface area contributed by atoms with E-state index >= 15 is 0 Å². The molecule has 43 heavy (non-hydrogen) atoms. The van der Waals surface area contributed by atoms with Gasteiger partial charge >= 0.3 is 0 Å². The molecule has 6 aromatic rings. The van der Waals surface area contributed by atoms with Crippen molar-refractivity contribution in [1.82, 2.24) is 49.6 Å². The number of rotatable bonds is 5. The predicted molar refractivity (Wildman–Crippen MR) is 157 cm³/mol. The summed E-state index contributed by atoms with van der Waals surface area (Å²) in [4.78, 5) is 48.1. The number of nitrogen functional groups attached to an aromatic ring is 1. The smallest absolute Gasteiger partial charge is 0.292 e. The zero-order valence-corrected chi connectivity index (χ0v) is 23.2. The van der Waals surface area contributed by atoms with E-state index in [4.69, 9.17) is 15.7 Å². The highest BCUT2D eigenvalue weighted by Crippen LogP contribution is 2.45. The minimum absolute atomic E-state index is 0.0162. The van der Waals surface area contributed by atoms with Crippen molar-refractivity contribution in [2.24, 2.45) is 0 Å². The van der Waals surface area contributed by atoms with Gasteiger partial charge < -0.3 is 20.6 Å². The van der Waals surface area contributed by atoms with Crippen molar-refractivity contribution in [2.75, 3.05) is 5.73 Å². The summed E-state index contributed by atoms with van der Waals surface area (Å²) in [6.07, 6.45) is 9.73. The van der Waals surface area contributed by atoms with Gasteiger partial charge in [0.2, 0.25) is 5.82 Å². The number of aromatic nitrogens is 9. The van der Waals surface area contributed by atoms with Gasteiger partial charge in [0.1, 0.15) is 12.1 Å². The van der Waals surface area contributed by atoms with Crippen molar-refractivity contribution in [3.05, 3.63) is 72.5 Å². The predicted octanol–water partition coefficient (Wildman–Crippen LogP) is 3.79. The van der Waals surface area contributed by atoms with Crippen LogP contribution in [0.5, 0.6) is 0 Å². The molecule has 2 aliphatic heterocycles. The number of Topliss-reactive ketones (excluding diaryl/α,β-unsaturated/α-hetero) is 1. The van der Waals surface area contributed by atoms with Gasteiger partial charge in [-0.1, -0.05) is 12.1 Å². The van der Waals surface area contributed by atoms with Crippen LogP contribution < -0.4 is 5.73 Å². The van der Waals surface area contributed by atoms with Gasteiger partial charge in [-0.05, 0) is 50.8 Å². The first-order valence-corrected chi connectivity index (χ1v) is 14.2. The molecule has 13 heteroatoms. The minimum Gasteiger partial charge on any atom is -0.383 e. The van der Waals surface area contributed by atoms with E-state index in [1.807, 2.05) is 35.2 Å². The number of fused-ring (bicyclic) bond motifs is 4. The van der Waals surface area contributed by atoms with E-state index in [-0.39, 0.29) is 41.3 Å². The fraction of sp³-hybridized carbons (Fsp3) is 0.267. The Morgan fingerprint density at radius 2 is 1.79 bits per heavy atom. The van der Waals surface area contributed by atoms with Gasteiger partial charge in [0.25, 0.3) is 5.91 Å². The maximum Gasteiger partial charge on any atom is 0.292 e. The third kappa shape index (κ3) is 3.99. The van der Waals surface area contributed by atoms with Crippen LogP contribution in [0.25, 0.3) is 39.1 Å². The lowest BCUT2D eigenvalue weighted by molar-refractivity contribution is 0.0556. The number of pyridine rings is 1. The number of imidazole rings is 1. The number of H-pyrrole nitrogens is 2. The van der Waals surface area contributed by atoms with Crippen molar-refractivity contribution in [3.63, 3.8) is 0 Å². The summed E-state index contributed by atoms with van der Waals surface area (Å²) in [6.45, 7) is 1.51. The number of nitrogens with one attached hydrogen (secondary N) is 2. The highest BCUT2D eigenvalue weighted by atomic mass is 16.2. The lowest BCUT2D eigenvalue weighted by Gasteiger charge is -2.38. The molecule has 214 valence electrons. The van der Waals surface area contributed by atoms with Crippen LogP contribution in [0.4, 0.5) is 5.82 Å². The summed E-state index contributed by atoms with van der Waals surface area (Å²) in [5.74, 6) is 0.171. The van der Waals surface area contributed by atoms with Crippen molar-refractivity contribution >= 4 is 34.2 Å². The number of nitrogens with two attached hydrogens (primary N) is 1. The van der Waals surface area contributed by atoms with Crippen molar-refractivity contribution in [2.45, 2.75) is 50.6 Å². The van der Waals surface area contributed by atoms with Gasteiger partial charge in [0.05, 0.1) is 40.5 Å². The molecule has 1 amide bonds. The summed E-state index contributed by atoms with van der Waals surface area (Å²) < 4.78 is 1.53. The molecule has 4 N–H and O–H groups in total. The maximum absolute atomic E-state index is 13.2. The molecule has 2 fully saturated rings. The van der Waals surface area contributed by atoms with Crippen LogP contribution in [0.3, 0.4) is 0 Å². The minimum atomic E-state index is -0.160. The Bertz CT molecular complexity index is 2010. The molecule has 3 atom stereocenters. The monoisotopic (exact) mass is 573 g/mol. The number of hydrogen-bond acceptors (Lipinski definition) is 9. The zero-order valence-electron chi connectivity index (χ0n) is 23.2. The average molecular weight is 574 g/mol. The molecule has 0 unspecified atom stereocenters. The quantitative estimate of drug-likeness (QED) is 0.259. The highest BCUT2D eigenvalue weighted by molar-refractivity contribution is 6.00.